The summed E-state index contributed by atoms with van der Waals surface area (Å²) < 4.78 is 0. The monoisotopic (exact) mass is 182 g/mol. The molecular weight excluding hydrogens is 160 g/mol. The Hall–Kier alpha value is -0.340. The van der Waals surface area contributed by atoms with Gasteiger partial charge in [-0.25, -0.2) is 0 Å². The Labute approximate surface area is 82.0 Å². The standard InChI is InChI=1S/C11H22N2/c1-10(8-12-2)9-13(3)11-6-4-5-7-11/h11-12H,1,4-9H2,2-3H3. The van der Waals surface area contributed by atoms with Crippen molar-refractivity contribution in [1.29, 1.82) is 0 Å². The topological polar surface area (TPSA) is 15.3 Å². The number of likely N-dealkylation sites (N-methyl/N-ethyl adjacent to an activating group) is 2. The van der Waals surface area contributed by atoms with Crippen LogP contribution in [-0.4, -0.2) is 38.1 Å². The molecule has 0 aromatic rings. The van der Waals surface area contributed by atoms with E-state index in [9.17, 15) is 0 Å². The van der Waals surface area contributed by atoms with Crippen LogP contribution in [0.15, 0.2) is 12.2 Å². The molecule has 13 heavy (non-hydrogen) atoms. The van der Waals surface area contributed by atoms with Crippen molar-refractivity contribution < 1.29 is 0 Å². The Bertz CT molecular complexity index is 159. The largest absolute Gasteiger partial charge is 0.316 e. The summed E-state index contributed by atoms with van der Waals surface area (Å²) in [5.74, 6) is 0. The van der Waals surface area contributed by atoms with Gasteiger partial charge in [-0.05, 0) is 32.5 Å². The highest BCUT2D eigenvalue weighted by molar-refractivity contribution is 5.00. The second-order valence-corrected chi connectivity index (χ2v) is 4.13. The lowest BCUT2D eigenvalue weighted by atomic mass is 10.2. The Balaban J connectivity index is 2.22. The predicted octanol–water partition coefficient (Wildman–Crippen LogP) is 1.64. The molecule has 1 N–H and O–H groups in total. The van der Waals surface area contributed by atoms with Gasteiger partial charge < -0.3 is 5.32 Å². The van der Waals surface area contributed by atoms with Crippen molar-refractivity contribution in [3.05, 3.63) is 12.2 Å². The zero-order chi connectivity index (χ0) is 9.68. The maximum atomic E-state index is 4.05. The maximum absolute atomic E-state index is 4.05. The van der Waals surface area contributed by atoms with Gasteiger partial charge in [-0.2, -0.15) is 0 Å². The smallest absolute Gasteiger partial charge is 0.0202 e. The van der Waals surface area contributed by atoms with Crippen molar-refractivity contribution in [1.82, 2.24) is 10.2 Å². The number of hydrogen-bond acceptors (Lipinski definition) is 2. The summed E-state index contributed by atoms with van der Waals surface area (Å²) in [6, 6.07) is 0.814. The molecule has 0 aliphatic heterocycles. The van der Waals surface area contributed by atoms with E-state index >= 15 is 0 Å². The van der Waals surface area contributed by atoms with E-state index in [4.69, 9.17) is 0 Å². The molecule has 0 bridgehead atoms. The van der Waals surface area contributed by atoms with Crippen LogP contribution in [0.25, 0.3) is 0 Å². The van der Waals surface area contributed by atoms with Gasteiger partial charge in [0.05, 0.1) is 0 Å². The zero-order valence-electron chi connectivity index (χ0n) is 8.97. The normalized spacial score (nSPS) is 18.4. The first-order valence-electron chi connectivity index (χ1n) is 5.25. The first kappa shape index (κ1) is 10.7. The summed E-state index contributed by atoms with van der Waals surface area (Å²) in [5, 5.41) is 3.14. The Morgan fingerprint density at radius 3 is 2.62 bits per heavy atom. The van der Waals surface area contributed by atoms with E-state index in [1.807, 2.05) is 7.05 Å². The lowest BCUT2D eigenvalue weighted by Gasteiger charge is -2.24. The molecule has 0 unspecified atom stereocenters. The van der Waals surface area contributed by atoms with Crippen molar-refractivity contribution >= 4 is 0 Å². The first-order valence-corrected chi connectivity index (χ1v) is 5.25. The van der Waals surface area contributed by atoms with E-state index in [0.29, 0.717) is 0 Å². The van der Waals surface area contributed by atoms with E-state index in [1.54, 1.807) is 0 Å². The van der Waals surface area contributed by atoms with Crippen LogP contribution in [0.5, 0.6) is 0 Å². The van der Waals surface area contributed by atoms with Gasteiger partial charge in [0.1, 0.15) is 0 Å². The quantitative estimate of drug-likeness (QED) is 0.650. The summed E-state index contributed by atoms with van der Waals surface area (Å²) in [7, 11) is 4.19. The fraction of sp³-hybridized carbons (Fsp3) is 0.818. The molecule has 2 nitrogen and oxygen atoms in total. The van der Waals surface area contributed by atoms with Crippen LogP contribution in [0.4, 0.5) is 0 Å². The molecule has 0 heterocycles. The highest BCUT2D eigenvalue weighted by atomic mass is 15.1. The van der Waals surface area contributed by atoms with Crippen LogP contribution < -0.4 is 5.32 Å². The summed E-state index contributed by atoms with van der Waals surface area (Å²) >= 11 is 0. The first-order chi connectivity index (χ1) is 6.24. The Kier molecular flexibility index (Phi) is 4.46. The van der Waals surface area contributed by atoms with E-state index in [0.717, 1.165) is 19.1 Å². The number of rotatable bonds is 5. The van der Waals surface area contributed by atoms with Crippen LogP contribution in [-0.2, 0) is 0 Å². The lowest BCUT2D eigenvalue weighted by Crippen LogP contribution is -2.32. The summed E-state index contributed by atoms with van der Waals surface area (Å²) in [6.07, 6.45) is 5.58. The molecule has 76 valence electrons. The van der Waals surface area contributed by atoms with Gasteiger partial charge in [-0.3, -0.25) is 4.90 Å². The molecule has 0 spiro atoms. The van der Waals surface area contributed by atoms with Crippen LogP contribution in [0.1, 0.15) is 25.7 Å². The van der Waals surface area contributed by atoms with Gasteiger partial charge in [0, 0.05) is 19.1 Å². The highest BCUT2D eigenvalue weighted by Crippen LogP contribution is 2.22. The van der Waals surface area contributed by atoms with Crippen LogP contribution in [0, 0.1) is 0 Å². The third kappa shape index (κ3) is 3.49. The molecule has 0 saturated heterocycles. The fourth-order valence-corrected chi connectivity index (χ4v) is 2.13. The Morgan fingerprint density at radius 1 is 1.46 bits per heavy atom. The van der Waals surface area contributed by atoms with Crippen molar-refractivity contribution in [2.75, 3.05) is 27.2 Å². The third-order valence-corrected chi connectivity index (χ3v) is 2.85. The van der Waals surface area contributed by atoms with Gasteiger partial charge in [0.2, 0.25) is 0 Å². The Morgan fingerprint density at radius 2 is 2.08 bits per heavy atom. The van der Waals surface area contributed by atoms with Gasteiger partial charge in [0.15, 0.2) is 0 Å². The average Bonchev–Trinajstić information content (AvgIpc) is 2.55. The van der Waals surface area contributed by atoms with Gasteiger partial charge >= 0.3 is 0 Å². The van der Waals surface area contributed by atoms with Crippen molar-refractivity contribution in [2.45, 2.75) is 31.7 Å². The van der Waals surface area contributed by atoms with Crippen LogP contribution >= 0.6 is 0 Å². The van der Waals surface area contributed by atoms with Gasteiger partial charge in [0.25, 0.3) is 0 Å². The minimum Gasteiger partial charge on any atom is -0.316 e. The summed E-state index contributed by atoms with van der Waals surface area (Å²) in [6.45, 7) is 6.04. The van der Waals surface area contributed by atoms with Gasteiger partial charge in [-0.1, -0.05) is 19.4 Å². The van der Waals surface area contributed by atoms with E-state index in [1.165, 1.54) is 31.3 Å². The lowest BCUT2D eigenvalue weighted by molar-refractivity contribution is 0.264. The van der Waals surface area contributed by atoms with E-state index < -0.39 is 0 Å². The predicted molar refractivity (Wildman–Crippen MR) is 58.0 cm³/mol. The molecule has 0 aromatic carbocycles. The summed E-state index contributed by atoms with van der Waals surface area (Å²) in [5.41, 5.74) is 1.29. The molecule has 2 heteroatoms. The van der Waals surface area contributed by atoms with E-state index in [2.05, 4.69) is 23.8 Å². The van der Waals surface area contributed by atoms with Crippen molar-refractivity contribution in [3.63, 3.8) is 0 Å². The molecular formula is C11H22N2. The molecule has 1 aliphatic rings. The number of nitrogens with one attached hydrogen (secondary N) is 1. The minimum absolute atomic E-state index is 0.814. The zero-order valence-corrected chi connectivity index (χ0v) is 8.97. The average molecular weight is 182 g/mol. The van der Waals surface area contributed by atoms with E-state index in [-0.39, 0.29) is 0 Å². The van der Waals surface area contributed by atoms with Crippen molar-refractivity contribution in [2.24, 2.45) is 0 Å². The second-order valence-electron chi connectivity index (χ2n) is 4.13. The third-order valence-electron chi connectivity index (χ3n) is 2.85. The molecule has 0 amide bonds. The van der Waals surface area contributed by atoms with Crippen molar-refractivity contribution in [3.8, 4) is 0 Å². The fourth-order valence-electron chi connectivity index (χ4n) is 2.13. The molecule has 0 atom stereocenters. The van der Waals surface area contributed by atoms with Crippen LogP contribution in [0.3, 0.4) is 0 Å². The number of hydrogen-bond donors (Lipinski definition) is 1. The number of nitrogens with zero attached hydrogens (tertiary/aromatic N) is 1. The molecule has 0 radical (unpaired) electrons. The minimum atomic E-state index is 0.814. The SMILES string of the molecule is C=C(CNC)CN(C)C1CCCC1. The maximum Gasteiger partial charge on any atom is 0.0202 e. The molecule has 1 aliphatic carbocycles. The second kappa shape index (κ2) is 5.40. The summed E-state index contributed by atoms with van der Waals surface area (Å²) in [4.78, 5) is 2.45. The van der Waals surface area contributed by atoms with Crippen LogP contribution in [0.2, 0.25) is 0 Å². The highest BCUT2D eigenvalue weighted by Gasteiger charge is 2.19. The molecule has 1 fully saturated rings. The molecule has 0 aromatic heterocycles. The van der Waals surface area contributed by atoms with Gasteiger partial charge in [-0.15, -0.1) is 0 Å². The molecule has 1 rings (SSSR count). The molecule has 1 saturated carbocycles.